The Morgan fingerprint density at radius 2 is 1.90 bits per heavy atom. The fourth-order valence-corrected chi connectivity index (χ4v) is 4.14. The van der Waals surface area contributed by atoms with Crippen molar-refractivity contribution in [1.29, 1.82) is 0 Å². The predicted molar refractivity (Wildman–Crippen MR) is 130 cm³/mol. The molecule has 0 unspecified atom stereocenters. The van der Waals surface area contributed by atoms with Crippen LogP contribution < -0.4 is 14.9 Å². The summed E-state index contributed by atoms with van der Waals surface area (Å²) in [7, 11) is 0. The Labute approximate surface area is 199 Å². The first-order chi connectivity index (χ1) is 14.9. The molecule has 2 aromatic rings. The second-order valence-corrected chi connectivity index (χ2v) is 9.04. The first-order valence-electron chi connectivity index (χ1n) is 9.67. The van der Waals surface area contributed by atoms with E-state index in [2.05, 4.69) is 21.4 Å². The number of ether oxygens (including phenoxy) is 2. The van der Waals surface area contributed by atoms with E-state index >= 15 is 0 Å². The van der Waals surface area contributed by atoms with Gasteiger partial charge in [0.2, 0.25) is 0 Å². The molecule has 0 bridgehead atoms. The summed E-state index contributed by atoms with van der Waals surface area (Å²) >= 11 is 9.75. The highest BCUT2D eigenvalue weighted by Gasteiger charge is 2.33. The Morgan fingerprint density at radius 1 is 1.16 bits per heavy atom. The van der Waals surface area contributed by atoms with Crippen molar-refractivity contribution in [2.24, 2.45) is 0 Å². The van der Waals surface area contributed by atoms with Gasteiger partial charge < -0.3 is 9.47 Å². The van der Waals surface area contributed by atoms with Gasteiger partial charge in [0.05, 0.1) is 18.1 Å². The molecule has 0 atom stereocenters. The first kappa shape index (κ1) is 23.3. The molecule has 2 aromatic carbocycles. The van der Waals surface area contributed by atoms with Gasteiger partial charge in [-0.3, -0.25) is 15.0 Å². The summed E-state index contributed by atoms with van der Waals surface area (Å²) in [6.07, 6.45) is 2.61. The molecule has 0 spiro atoms. The van der Waals surface area contributed by atoms with E-state index in [4.69, 9.17) is 21.7 Å². The molecule has 0 saturated carbocycles. The molecule has 162 valence electrons. The molecule has 6 nitrogen and oxygen atoms in total. The molecule has 9 heteroatoms. The predicted octanol–water partition coefficient (Wildman–Crippen LogP) is 5.18. The van der Waals surface area contributed by atoms with Gasteiger partial charge in [0.1, 0.15) is 0 Å². The van der Waals surface area contributed by atoms with Crippen molar-refractivity contribution >= 4 is 62.1 Å². The number of rotatable bonds is 8. The Bertz CT molecular complexity index is 1020. The van der Waals surface area contributed by atoms with E-state index in [-0.39, 0.29) is 10.2 Å². The van der Waals surface area contributed by atoms with Gasteiger partial charge >= 0.3 is 0 Å². The molecular weight excluding hydrogens is 500 g/mol. The SMILES string of the molecule is CCCOc1ccc(/C=C2\SC(=S)N(NC(=O)c3ccc(Br)cc3)C2=O)cc1OCC. The van der Waals surface area contributed by atoms with E-state index in [0.29, 0.717) is 35.2 Å². The smallest absolute Gasteiger partial charge is 0.285 e. The molecule has 0 aliphatic carbocycles. The lowest BCUT2D eigenvalue weighted by atomic mass is 10.2. The normalized spacial score (nSPS) is 14.8. The van der Waals surface area contributed by atoms with E-state index in [9.17, 15) is 9.59 Å². The summed E-state index contributed by atoms with van der Waals surface area (Å²) in [5, 5.41) is 1.10. The second kappa shape index (κ2) is 10.8. The van der Waals surface area contributed by atoms with Crippen LogP contribution in [-0.2, 0) is 4.79 Å². The third-order valence-electron chi connectivity index (χ3n) is 4.14. The lowest BCUT2D eigenvalue weighted by molar-refractivity contribution is -0.123. The fourth-order valence-electron chi connectivity index (χ4n) is 2.70. The highest BCUT2D eigenvalue weighted by Crippen LogP contribution is 2.34. The summed E-state index contributed by atoms with van der Waals surface area (Å²) < 4.78 is 12.5. The van der Waals surface area contributed by atoms with Crippen LogP contribution in [0.4, 0.5) is 0 Å². The van der Waals surface area contributed by atoms with Crippen LogP contribution in [-0.4, -0.2) is 34.4 Å². The molecule has 1 saturated heterocycles. The summed E-state index contributed by atoms with van der Waals surface area (Å²) in [4.78, 5) is 25.7. The van der Waals surface area contributed by atoms with Crippen LogP contribution >= 0.6 is 39.9 Å². The monoisotopic (exact) mass is 520 g/mol. The van der Waals surface area contributed by atoms with Crippen LogP contribution in [0.25, 0.3) is 6.08 Å². The van der Waals surface area contributed by atoms with Crippen LogP contribution in [0.1, 0.15) is 36.2 Å². The minimum Gasteiger partial charge on any atom is -0.490 e. The number of hydrogen-bond donors (Lipinski definition) is 1. The van der Waals surface area contributed by atoms with Crippen molar-refractivity contribution in [1.82, 2.24) is 10.4 Å². The van der Waals surface area contributed by atoms with Gasteiger partial charge in [-0.1, -0.05) is 40.7 Å². The Hall–Kier alpha value is -2.36. The minimum atomic E-state index is -0.416. The molecular formula is C22H21BrN2O4S2. The van der Waals surface area contributed by atoms with Gasteiger partial charge in [0, 0.05) is 10.0 Å². The third kappa shape index (κ3) is 5.87. The molecule has 31 heavy (non-hydrogen) atoms. The van der Waals surface area contributed by atoms with Crippen molar-refractivity contribution in [3.63, 3.8) is 0 Å². The van der Waals surface area contributed by atoms with Gasteiger partial charge in [0.15, 0.2) is 15.8 Å². The van der Waals surface area contributed by atoms with Crippen molar-refractivity contribution in [2.75, 3.05) is 13.2 Å². The van der Waals surface area contributed by atoms with E-state index in [1.54, 1.807) is 30.3 Å². The topological polar surface area (TPSA) is 67.9 Å². The van der Waals surface area contributed by atoms with Crippen molar-refractivity contribution in [3.05, 3.63) is 63.0 Å². The van der Waals surface area contributed by atoms with Gasteiger partial charge in [-0.25, -0.2) is 0 Å². The molecule has 1 aliphatic rings. The van der Waals surface area contributed by atoms with Crippen LogP contribution in [0, 0.1) is 0 Å². The summed E-state index contributed by atoms with van der Waals surface area (Å²) in [5.74, 6) is 0.477. The lowest BCUT2D eigenvalue weighted by Crippen LogP contribution is -2.44. The highest BCUT2D eigenvalue weighted by molar-refractivity contribution is 9.10. The molecule has 1 fully saturated rings. The zero-order chi connectivity index (χ0) is 22.4. The number of thiocarbonyl (C=S) groups is 1. The molecule has 1 N–H and O–H groups in total. The summed E-state index contributed by atoms with van der Waals surface area (Å²) in [5.41, 5.74) is 3.77. The van der Waals surface area contributed by atoms with E-state index in [1.807, 2.05) is 32.0 Å². The van der Waals surface area contributed by atoms with Crippen LogP contribution in [0.2, 0.25) is 0 Å². The Morgan fingerprint density at radius 3 is 2.58 bits per heavy atom. The van der Waals surface area contributed by atoms with Crippen LogP contribution in [0.5, 0.6) is 11.5 Å². The number of halogens is 1. The first-order valence-corrected chi connectivity index (χ1v) is 11.7. The molecule has 3 rings (SSSR count). The average molecular weight is 521 g/mol. The lowest BCUT2D eigenvalue weighted by Gasteiger charge is -2.15. The third-order valence-corrected chi connectivity index (χ3v) is 5.97. The molecule has 1 heterocycles. The second-order valence-electron chi connectivity index (χ2n) is 6.45. The number of hydrogen-bond acceptors (Lipinski definition) is 6. The summed E-state index contributed by atoms with van der Waals surface area (Å²) in [6.45, 7) is 5.02. The molecule has 0 radical (unpaired) electrons. The van der Waals surface area contributed by atoms with Crippen LogP contribution in [0.15, 0.2) is 51.8 Å². The fraction of sp³-hybridized carbons (Fsp3) is 0.227. The number of carbonyl (C=O) groups excluding carboxylic acids is 2. The zero-order valence-corrected chi connectivity index (χ0v) is 20.2. The average Bonchev–Trinajstić information content (AvgIpc) is 3.01. The van der Waals surface area contributed by atoms with Gasteiger partial charge in [-0.2, -0.15) is 5.01 Å². The Balaban J connectivity index is 1.77. The summed E-state index contributed by atoms with van der Waals surface area (Å²) in [6, 6.07) is 12.3. The maximum absolute atomic E-state index is 12.8. The number of thioether (sulfide) groups is 1. The number of carbonyl (C=O) groups is 2. The zero-order valence-electron chi connectivity index (χ0n) is 17.0. The number of nitrogens with zero attached hydrogens (tertiary/aromatic N) is 1. The van der Waals surface area contributed by atoms with Crippen LogP contribution in [0.3, 0.4) is 0 Å². The largest absolute Gasteiger partial charge is 0.490 e. The molecule has 2 amide bonds. The van der Waals surface area contributed by atoms with Gasteiger partial charge in [0.25, 0.3) is 11.8 Å². The maximum Gasteiger partial charge on any atom is 0.285 e. The van der Waals surface area contributed by atoms with E-state index in [0.717, 1.165) is 33.2 Å². The van der Waals surface area contributed by atoms with Crippen molar-refractivity contribution in [3.8, 4) is 11.5 Å². The number of amides is 2. The highest BCUT2D eigenvalue weighted by atomic mass is 79.9. The van der Waals surface area contributed by atoms with Gasteiger partial charge in [-0.15, -0.1) is 0 Å². The maximum atomic E-state index is 12.8. The van der Waals surface area contributed by atoms with E-state index < -0.39 is 5.91 Å². The Kier molecular flexibility index (Phi) is 8.11. The number of hydrazine groups is 1. The van der Waals surface area contributed by atoms with Gasteiger partial charge in [-0.05, 0) is 73.6 Å². The van der Waals surface area contributed by atoms with Crippen molar-refractivity contribution < 1.29 is 19.1 Å². The van der Waals surface area contributed by atoms with Crippen molar-refractivity contribution in [2.45, 2.75) is 20.3 Å². The molecule has 1 aliphatic heterocycles. The van der Waals surface area contributed by atoms with E-state index in [1.165, 1.54) is 0 Å². The number of nitrogens with one attached hydrogen (secondary N) is 1. The standard InChI is InChI=1S/C22H21BrN2O4S2/c1-3-11-29-17-10-5-14(12-18(17)28-4-2)13-19-21(27)25(22(30)31-19)24-20(26)15-6-8-16(23)9-7-15/h5-10,12-13H,3-4,11H2,1-2H3,(H,24,26)/b19-13-. The minimum absolute atomic E-state index is 0.259. The number of benzene rings is 2. The quantitative estimate of drug-likeness (QED) is 0.381. The molecule has 0 aromatic heterocycles.